The zero-order valence-corrected chi connectivity index (χ0v) is 10.9. The van der Waals surface area contributed by atoms with E-state index >= 15 is 0 Å². The van der Waals surface area contributed by atoms with Gasteiger partial charge in [0, 0.05) is 10.5 Å². The summed E-state index contributed by atoms with van der Waals surface area (Å²) in [5, 5.41) is 7.75. The smallest absolute Gasteiger partial charge is 0.152 e. The van der Waals surface area contributed by atoms with Gasteiger partial charge in [-0.05, 0) is 12.1 Å². The number of methoxy groups -OCH3 is 1. The first-order valence-electron chi connectivity index (χ1n) is 4.54. The largest absolute Gasteiger partial charge is 0.497 e. The molecule has 0 N–H and O–H groups in total. The molecule has 0 saturated carbocycles. The second kappa shape index (κ2) is 4.84. The number of alkyl halides is 1. The highest BCUT2D eigenvalue weighted by Crippen LogP contribution is 2.24. The molecule has 0 amide bonds. The fraction of sp³-hybridized carbons (Fsp3) is 0.200. The van der Waals surface area contributed by atoms with Crippen LogP contribution in [0.2, 0.25) is 0 Å². The summed E-state index contributed by atoms with van der Waals surface area (Å²) < 4.78 is 7.94. The second-order valence-corrected chi connectivity index (χ2v) is 4.28. The summed E-state index contributed by atoms with van der Waals surface area (Å²) >= 11 is 9.19. The van der Waals surface area contributed by atoms with Gasteiger partial charge in [0.1, 0.15) is 12.1 Å². The molecule has 6 heteroatoms. The fourth-order valence-corrected chi connectivity index (χ4v) is 2.01. The Bertz CT molecular complexity index is 501. The lowest BCUT2D eigenvalue weighted by atomic mass is 10.3. The van der Waals surface area contributed by atoms with Crippen LogP contribution in [-0.4, -0.2) is 21.9 Å². The molecule has 0 aliphatic carbocycles. The summed E-state index contributed by atoms with van der Waals surface area (Å²) in [6.07, 6.45) is 1.62. The summed E-state index contributed by atoms with van der Waals surface area (Å²) in [5.41, 5.74) is 0.909. The molecule has 16 heavy (non-hydrogen) atoms. The third kappa shape index (κ3) is 2.20. The Kier molecular flexibility index (Phi) is 3.46. The van der Waals surface area contributed by atoms with Gasteiger partial charge in [0.2, 0.25) is 0 Å². The molecule has 2 aromatic rings. The monoisotopic (exact) mass is 301 g/mol. The van der Waals surface area contributed by atoms with E-state index in [1.54, 1.807) is 13.4 Å². The van der Waals surface area contributed by atoms with E-state index in [9.17, 15) is 0 Å². The third-order valence-electron chi connectivity index (χ3n) is 2.11. The second-order valence-electron chi connectivity index (χ2n) is 3.10. The van der Waals surface area contributed by atoms with E-state index in [0.717, 1.165) is 15.9 Å². The highest BCUT2D eigenvalue weighted by Gasteiger charge is 2.07. The van der Waals surface area contributed by atoms with Gasteiger partial charge in [0.25, 0.3) is 0 Å². The predicted octanol–water partition coefficient (Wildman–Crippen LogP) is 2.78. The van der Waals surface area contributed by atoms with E-state index in [1.807, 2.05) is 22.8 Å². The molecule has 0 aliphatic rings. The van der Waals surface area contributed by atoms with E-state index in [2.05, 4.69) is 26.1 Å². The lowest BCUT2D eigenvalue weighted by molar-refractivity contribution is 0.414. The van der Waals surface area contributed by atoms with E-state index in [-0.39, 0.29) is 0 Å². The van der Waals surface area contributed by atoms with Crippen molar-refractivity contribution in [2.24, 2.45) is 0 Å². The Labute approximate surface area is 106 Å². The minimum atomic E-state index is 0.314. The van der Waals surface area contributed by atoms with Crippen LogP contribution in [0.25, 0.3) is 5.69 Å². The molecular formula is C10H9BrClN3O. The first kappa shape index (κ1) is 11.4. The minimum Gasteiger partial charge on any atom is -0.497 e. The summed E-state index contributed by atoms with van der Waals surface area (Å²) in [4.78, 5) is 0. The van der Waals surface area contributed by atoms with Crippen LogP contribution in [0.1, 0.15) is 5.82 Å². The third-order valence-corrected chi connectivity index (χ3v) is 2.80. The van der Waals surface area contributed by atoms with E-state index in [0.29, 0.717) is 11.7 Å². The molecule has 0 atom stereocenters. The van der Waals surface area contributed by atoms with Crippen molar-refractivity contribution < 1.29 is 4.74 Å². The lowest BCUT2D eigenvalue weighted by Gasteiger charge is -2.08. The molecule has 0 bridgehead atoms. The molecule has 1 aromatic heterocycles. The van der Waals surface area contributed by atoms with E-state index < -0.39 is 0 Å². The van der Waals surface area contributed by atoms with Crippen molar-refractivity contribution in [3.63, 3.8) is 0 Å². The molecule has 0 saturated heterocycles. The molecule has 2 rings (SSSR count). The molecule has 0 fully saturated rings. The zero-order valence-electron chi connectivity index (χ0n) is 8.52. The molecule has 0 aliphatic heterocycles. The summed E-state index contributed by atoms with van der Waals surface area (Å²) in [5.74, 6) is 1.77. The highest BCUT2D eigenvalue weighted by atomic mass is 79.9. The summed E-state index contributed by atoms with van der Waals surface area (Å²) in [6, 6.07) is 5.72. The predicted molar refractivity (Wildman–Crippen MR) is 65.2 cm³/mol. The van der Waals surface area contributed by atoms with E-state index in [1.165, 1.54) is 0 Å². The summed E-state index contributed by atoms with van der Waals surface area (Å²) in [6.45, 7) is 0. The van der Waals surface area contributed by atoms with Crippen molar-refractivity contribution in [2.75, 3.05) is 7.11 Å². The van der Waals surface area contributed by atoms with Crippen molar-refractivity contribution in [3.05, 3.63) is 34.8 Å². The van der Waals surface area contributed by atoms with Crippen LogP contribution in [0.3, 0.4) is 0 Å². The highest BCUT2D eigenvalue weighted by molar-refractivity contribution is 9.10. The van der Waals surface area contributed by atoms with Gasteiger partial charge < -0.3 is 4.74 Å². The fourth-order valence-electron chi connectivity index (χ4n) is 1.37. The van der Waals surface area contributed by atoms with Crippen LogP contribution >= 0.6 is 27.5 Å². The maximum Gasteiger partial charge on any atom is 0.152 e. The number of aromatic nitrogens is 3. The van der Waals surface area contributed by atoms with Gasteiger partial charge in [-0.3, -0.25) is 4.57 Å². The van der Waals surface area contributed by atoms with Gasteiger partial charge in [-0.1, -0.05) is 15.9 Å². The minimum absolute atomic E-state index is 0.314. The van der Waals surface area contributed by atoms with Crippen LogP contribution in [0.15, 0.2) is 29.0 Å². The lowest BCUT2D eigenvalue weighted by Crippen LogP contribution is -1.98. The number of hydrogen-bond acceptors (Lipinski definition) is 3. The zero-order chi connectivity index (χ0) is 11.5. The average Bonchev–Trinajstić information content (AvgIpc) is 2.76. The van der Waals surface area contributed by atoms with Crippen LogP contribution < -0.4 is 4.74 Å². The maximum atomic E-state index is 5.77. The molecule has 0 spiro atoms. The average molecular weight is 303 g/mol. The Morgan fingerprint density at radius 2 is 2.25 bits per heavy atom. The molecule has 84 valence electrons. The number of hydrogen-bond donors (Lipinski definition) is 0. The number of ether oxygens (including phenoxy) is 1. The Morgan fingerprint density at radius 1 is 1.44 bits per heavy atom. The van der Waals surface area contributed by atoms with Gasteiger partial charge in [0.05, 0.1) is 18.7 Å². The van der Waals surface area contributed by atoms with Gasteiger partial charge >= 0.3 is 0 Å². The van der Waals surface area contributed by atoms with Crippen molar-refractivity contribution in [3.8, 4) is 11.4 Å². The first-order valence-corrected chi connectivity index (χ1v) is 5.87. The Morgan fingerprint density at radius 3 is 2.94 bits per heavy atom. The summed E-state index contributed by atoms with van der Waals surface area (Å²) in [7, 11) is 1.63. The molecule has 4 nitrogen and oxygen atoms in total. The SMILES string of the molecule is COc1cc(Br)cc(-n2cnnc2CCl)c1. The number of benzene rings is 1. The quantitative estimate of drug-likeness (QED) is 0.819. The first-order chi connectivity index (χ1) is 7.74. The molecule has 0 radical (unpaired) electrons. The molecule has 1 heterocycles. The maximum absolute atomic E-state index is 5.77. The van der Waals surface area contributed by atoms with Crippen LogP contribution in [0.4, 0.5) is 0 Å². The van der Waals surface area contributed by atoms with Crippen molar-refractivity contribution in [1.29, 1.82) is 0 Å². The number of halogens is 2. The van der Waals surface area contributed by atoms with Crippen molar-refractivity contribution in [2.45, 2.75) is 5.88 Å². The molecule has 1 aromatic carbocycles. The standard InChI is InChI=1S/C10H9BrClN3O/c1-16-9-3-7(11)2-8(4-9)15-6-13-14-10(15)5-12/h2-4,6H,5H2,1H3. The van der Waals surface area contributed by atoms with Gasteiger partial charge in [-0.15, -0.1) is 21.8 Å². The van der Waals surface area contributed by atoms with Crippen LogP contribution in [0.5, 0.6) is 5.75 Å². The molecular weight excluding hydrogens is 293 g/mol. The van der Waals surface area contributed by atoms with Crippen LogP contribution in [0, 0.1) is 0 Å². The van der Waals surface area contributed by atoms with Crippen LogP contribution in [-0.2, 0) is 5.88 Å². The van der Waals surface area contributed by atoms with Crippen molar-refractivity contribution >= 4 is 27.5 Å². The normalized spacial score (nSPS) is 10.4. The van der Waals surface area contributed by atoms with E-state index in [4.69, 9.17) is 16.3 Å². The number of nitrogens with zero attached hydrogens (tertiary/aromatic N) is 3. The Hall–Kier alpha value is -1.07. The van der Waals surface area contributed by atoms with Gasteiger partial charge in [-0.2, -0.15) is 0 Å². The number of rotatable bonds is 3. The van der Waals surface area contributed by atoms with Gasteiger partial charge in [-0.25, -0.2) is 0 Å². The topological polar surface area (TPSA) is 39.9 Å². The van der Waals surface area contributed by atoms with Crippen molar-refractivity contribution in [1.82, 2.24) is 14.8 Å². The van der Waals surface area contributed by atoms with Gasteiger partial charge in [0.15, 0.2) is 5.82 Å². The molecule has 0 unspecified atom stereocenters. The Balaban J connectivity index is 2.51.